The maximum atomic E-state index is 12.5. The molecule has 1 fully saturated rings. The molecule has 0 bridgehead atoms. The molecule has 1 aliphatic rings. The highest BCUT2D eigenvalue weighted by atomic mass is 32.2. The maximum Gasteiger partial charge on any atom is 0.339 e. The van der Waals surface area contributed by atoms with Gasteiger partial charge in [-0.15, -0.1) is 0 Å². The first-order chi connectivity index (χ1) is 11.7. The Balaban J connectivity index is 1.99. The number of rotatable bonds is 6. The molecule has 1 aromatic heterocycles. The normalized spacial score (nSPS) is 18.9. The molecule has 0 unspecified atom stereocenters. The highest BCUT2D eigenvalue weighted by Gasteiger charge is 2.35. The number of hydrogen-bond acceptors (Lipinski definition) is 6. The Morgan fingerprint density at radius 2 is 2.00 bits per heavy atom. The zero-order valence-electron chi connectivity index (χ0n) is 14.3. The fourth-order valence-electron chi connectivity index (χ4n) is 2.71. The van der Waals surface area contributed by atoms with Crippen LogP contribution in [-0.2, 0) is 19.4 Å². The number of aromatic nitrogens is 1. The summed E-state index contributed by atoms with van der Waals surface area (Å²) in [7, 11) is -3.12. The second-order valence-corrected chi connectivity index (χ2v) is 8.75. The van der Waals surface area contributed by atoms with E-state index >= 15 is 0 Å². The summed E-state index contributed by atoms with van der Waals surface area (Å²) < 4.78 is 28.9. The molecule has 0 radical (unpaired) electrons. The molecule has 0 N–H and O–H groups in total. The van der Waals surface area contributed by atoms with Crippen LogP contribution in [0, 0.1) is 11.1 Å². The SMILES string of the molecule is CC(C)CN(C(=O)COC(=O)c1cc[n+]([O-])cc1)[C@H]1CCS(=O)(=O)C1. The summed E-state index contributed by atoms with van der Waals surface area (Å²) in [4.78, 5) is 25.9. The van der Waals surface area contributed by atoms with E-state index in [-0.39, 0.29) is 29.0 Å². The van der Waals surface area contributed by atoms with Gasteiger partial charge in [-0.3, -0.25) is 4.79 Å². The highest BCUT2D eigenvalue weighted by Crippen LogP contribution is 2.19. The molecular formula is C16H22N2O6S. The van der Waals surface area contributed by atoms with Gasteiger partial charge in [-0.25, -0.2) is 13.2 Å². The fourth-order valence-corrected chi connectivity index (χ4v) is 4.44. The fraction of sp³-hybridized carbons (Fsp3) is 0.562. The van der Waals surface area contributed by atoms with Crippen molar-refractivity contribution in [3.05, 3.63) is 35.3 Å². The third kappa shape index (κ3) is 5.42. The van der Waals surface area contributed by atoms with Crippen molar-refractivity contribution in [1.82, 2.24) is 4.90 Å². The van der Waals surface area contributed by atoms with Crippen LogP contribution in [0.5, 0.6) is 0 Å². The van der Waals surface area contributed by atoms with E-state index in [1.165, 1.54) is 17.0 Å². The molecule has 9 heteroatoms. The second-order valence-electron chi connectivity index (χ2n) is 6.52. The van der Waals surface area contributed by atoms with Gasteiger partial charge < -0.3 is 14.8 Å². The molecule has 25 heavy (non-hydrogen) atoms. The highest BCUT2D eigenvalue weighted by molar-refractivity contribution is 7.91. The van der Waals surface area contributed by atoms with E-state index in [0.717, 1.165) is 12.4 Å². The molecule has 0 saturated carbocycles. The summed E-state index contributed by atoms with van der Waals surface area (Å²) in [6, 6.07) is 2.22. The van der Waals surface area contributed by atoms with Crippen LogP contribution in [0.15, 0.2) is 24.5 Å². The molecule has 1 amide bonds. The lowest BCUT2D eigenvalue weighted by Crippen LogP contribution is -2.45. The maximum absolute atomic E-state index is 12.5. The molecular weight excluding hydrogens is 348 g/mol. The second kappa shape index (κ2) is 7.81. The van der Waals surface area contributed by atoms with Gasteiger partial charge in [0.25, 0.3) is 5.91 Å². The molecule has 1 atom stereocenters. The van der Waals surface area contributed by atoms with Gasteiger partial charge in [-0.2, -0.15) is 4.73 Å². The van der Waals surface area contributed by atoms with Crippen molar-refractivity contribution in [3.63, 3.8) is 0 Å². The van der Waals surface area contributed by atoms with Crippen LogP contribution in [0.1, 0.15) is 30.6 Å². The first-order valence-electron chi connectivity index (χ1n) is 8.04. The minimum absolute atomic E-state index is 0.0540. The monoisotopic (exact) mass is 370 g/mol. The number of carbonyl (C=O) groups is 2. The summed E-state index contributed by atoms with van der Waals surface area (Å²) in [5.74, 6) is -0.957. The number of esters is 1. The lowest BCUT2D eigenvalue weighted by Gasteiger charge is -2.29. The number of amides is 1. The number of hydrogen-bond donors (Lipinski definition) is 0. The van der Waals surface area contributed by atoms with Crippen LogP contribution in [0.2, 0.25) is 0 Å². The summed E-state index contributed by atoms with van der Waals surface area (Å²) in [6.45, 7) is 3.79. The Bertz CT molecular complexity index is 729. The summed E-state index contributed by atoms with van der Waals surface area (Å²) in [5.41, 5.74) is 0.166. The molecule has 1 saturated heterocycles. The van der Waals surface area contributed by atoms with E-state index in [1.54, 1.807) is 0 Å². The van der Waals surface area contributed by atoms with Gasteiger partial charge in [0.2, 0.25) is 0 Å². The van der Waals surface area contributed by atoms with E-state index in [0.29, 0.717) is 17.7 Å². The predicted octanol–water partition coefficient (Wildman–Crippen LogP) is 0.149. The molecule has 0 aliphatic carbocycles. The van der Waals surface area contributed by atoms with Crippen molar-refractivity contribution in [2.75, 3.05) is 24.7 Å². The Morgan fingerprint density at radius 1 is 1.36 bits per heavy atom. The van der Waals surface area contributed by atoms with Crippen molar-refractivity contribution < 1.29 is 27.5 Å². The zero-order chi connectivity index (χ0) is 18.6. The molecule has 1 aromatic rings. The first kappa shape index (κ1) is 19.2. The van der Waals surface area contributed by atoms with E-state index < -0.39 is 28.3 Å². The Kier molecular flexibility index (Phi) is 5.99. The Labute approximate surface area is 146 Å². The number of nitrogens with zero attached hydrogens (tertiary/aromatic N) is 2. The van der Waals surface area contributed by atoms with Crippen molar-refractivity contribution in [1.29, 1.82) is 0 Å². The van der Waals surface area contributed by atoms with Gasteiger partial charge in [-0.1, -0.05) is 13.8 Å². The first-order valence-corrected chi connectivity index (χ1v) is 9.86. The lowest BCUT2D eigenvalue weighted by molar-refractivity contribution is -0.605. The van der Waals surface area contributed by atoms with Gasteiger partial charge in [-0.05, 0) is 12.3 Å². The van der Waals surface area contributed by atoms with E-state index in [4.69, 9.17) is 4.74 Å². The third-order valence-corrected chi connectivity index (χ3v) is 5.65. The quantitative estimate of drug-likeness (QED) is 0.401. The van der Waals surface area contributed by atoms with Crippen LogP contribution in [0.25, 0.3) is 0 Å². The van der Waals surface area contributed by atoms with Crippen LogP contribution in [-0.4, -0.2) is 55.9 Å². The van der Waals surface area contributed by atoms with Crippen LogP contribution >= 0.6 is 0 Å². The predicted molar refractivity (Wildman–Crippen MR) is 89.3 cm³/mol. The third-order valence-electron chi connectivity index (χ3n) is 3.90. The number of pyridine rings is 1. The molecule has 138 valence electrons. The lowest BCUT2D eigenvalue weighted by atomic mass is 10.1. The van der Waals surface area contributed by atoms with Crippen LogP contribution in [0.4, 0.5) is 0 Å². The average molecular weight is 370 g/mol. The van der Waals surface area contributed by atoms with Crippen molar-refractivity contribution >= 4 is 21.7 Å². The number of carbonyl (C=O) groups excluding carboxylic acids is 2. The molecule has 8 nitrogen and oxygen atoms in total. The summed E-state index contributed by atoms with van der Waals surface area (Å²) in [5, 5.41) is 11.0. The van der Waals surface area contributed by atoms with Crippen molar-refractivity contribution in [2.24, 2.45) is 5.92 Å². The van der Waals surface area contributed by atoms with Gasteiger partial charge in [0.15, 0.2) is 28.8 Å². The topological polar surface area (TPSA) is 108 Å². The standard InChI is InChI=1S/C16H22N2O6S/c1-12(2)9-18(14-5-8-25(22,23)11-14)15(19)10-24-16(20)13-3-6-17(21)7-4-13/h3-4,6-7,12,14H,5,8-11H2,1-2H3/t14-/m0/s1. The van der Waals surface area contributed by atoms with E-state index in [1.807, 2.05) is 13.8 Å². The molecule has 2 rings (SSSR count). The smallest absolute Gasteiger partial charge is 0.339 e. The number of sulfone groups is 1. The summed E-state index contributed by atoms with van der Waals surface area (Å²) in [6.07, 6.45) is 2.72. The summed E-state index contributed by atoms with van der Waals surface area (Å²) >= 11 is 0. The van der Waals surface area contributed by atoms with Gasteiger partial charge >= 0.3 is 5.97 Å². The minimum atomic E-state index is -3.12. The minimum Gasteiger partial charge on any atom is -0.619 e. The Morgan fingerprint density at radius 3 is 2.52 bits per heavy atom. The number of ether oxygens (including phenoxy) is 1. The molecule has 0 aromatic carbocycles. The van der Waals surface area contributed by atoms with E-state index in [2.05, 4.69) is 0 Å². The molecule has 1 aliphatic heterocycles. The van der Waals surface area contributed by atoms with Gasteiger partial charge in [0.1, 0.15) is 0 Å². The van der Waals surface area contributed by atoms with Crippen LogP contribution < -0.4 is 4.73 Å². The van der Waals surface area contributed by atoms with Gasteiger partial charge in [0, 0.05) is 24.7 Å². The van der Waals surface area contributed by atoms with Crippen molar-refractivity contribution in [3.8, 4) is 0 Å². The van der Waals surface area contributed by atoms with Crippen LogP contribution in [0.3, 0.4) is 0 Å². The zero-order valence-corrected chi connectivity index (χ0v) is 15.1. The van der Waals surface area contributed by atoms with Crippen molar-refractivity contribution in [2.45, 2.75) is 26.3 Å². The average Bonchev–Trinajstić information content (AvgIpc) is 2.90. The largest absolute Gasteiger partial charge is 0.619 e. The van der Waals surface area contributed by atoms with E-state index in [9.17, 15) is 23.2 Å². The molecule has 0 spiro atoms. The Hall–Kier alpha value is -2.16. The van der Waals surface area contributed by atoms with Gasteiger partial charge in [0.05, 0.1) is 17.1 Å². The molecule has 2 heterocycles.